The second-order valence-corrected chi connectivity index (χ2v) is 5.95. The van der Waals surface area contributed by atoms with E-state index in [1.54, 1.807) is 0 Å². The van der Waals surface area contributed by atoms with Crippen LogP contribution < -0.4 is 0 Å². The number of hydrogen-bond acceptors (Lipinski definition) is 2. The molecule has 0 fully saturated rings. The van der Waals surface area contributed by atoms with Crippen LogP contribution in [0.15, 0.2) is 0 Å². The zero-order valence-corrected chi connectivity index (χ0v) is 6.96. The maximum Gasteiger partial charge on any atom is 0.443 e. The summed E-state index contributed by atoms with van der Waals surface area (Å²) in [7, 11) is -12.2. The van der Waals surface area contributed by atoms with Gasteiger partial charge in [-0.2, -0.15) is 17.2 Å². The van der Waals surface area contributed by atoms with Crippen molar-refractivity contribution in [2.45, 2.75) is 5.40 Å². The maximum atomic E-state index is 11.9. The van der Waals surface area contributed by atoms with E-state index < -0.39 is 20.5 Å². The third kappa shape index (κ3) is 2.04. The van der Waals surface area contributed by atoms with Crippen LogP contribution in [0.5, 0.6) is 0 Å². The van der Waals surface area contributed by atoms with E-state index in [-0.39, 0.29) is 6.66 Å². The van der Waals surface area contributed by atoms with E-state index in [9.17, 15) is 26.3 Å². The normalized spacial score (nSPS) is 23.8. The molecule has 0 amide bonds. The van der Waals surface area contributed by atoms with Gasteiger partial charge < -0.3 is 4.89 Å². The van der Waals surface area contributed by atoms with E-state index >= 15 is 0 Å². The molecule has 1 N–H and O–H groups in total. The second-order valence-electron chi connectivity index (χ2n) is 1.83. The fraction of sp³-hybridized carbons (Fsp3) is 1.00. The summed E-state index contributed by atoms with van der Waals surface area (Å²) in [6.07, 6.45) is 0. The van der Waals surface area contributed by atoms with Crippen molar-refractivity contribution in [3.8, 4) is 0 Å². The lowest BCUT2D eigenvalue weighted by Gasteiger charge is -2.16. The zero-order chi connectivity index (χ0) is 9.50. The Kier molecular flexibility index (Phi) is 2.61. The van der Waals surface area contributed by atoms with Gasteiger partial charge in [0.1, 0.15) is 0 Å². The molecule has 68 valence electrons. The van der Waals surface area contributed by atoms with Crippen LogP contribution in [0, 0.1) is 0 Å². The van der Waals surface area contributed by atoms with Gasteiger partial charge in [0.25, 0.3) is 0 Å². The lowest BCUT2D eigenvalue weighted by atomic mass is 11.6. The minimum atomic E-state index is -6.46. The van der Waals surface area contributed by atoms with E-state index in [2.05, 4.69) is 0 Å². The third-order valence-corrected chi connectivity index (χ3v) is 4.25. The molecule has 0 aromatic carbocycles. The fourth-order valence-corrected chi connectivity index (χ4v) is 1.98. The lowest BCUT2D eigenvalue weighted by Crippen LogP contribution is -2.11. The first kappa shape index (κ1) is 11.1. The Hall–Kier alpha value is 0.140. The van der Waals surface area contributed by atoms with Gasteiger partial charge in [-0.3, -0.25) is 4.57 Å². The summed E-state index contributed by atoms with van der Waals surface area (Å²) in [5, 5.41) is -5.29. The van der Waals surface area contributed by atoms with Gasteiger partial charge >= 0.3 is 20.5 Å². The van der Waals surface area contributed by atoms with E-state index in [4.69, 9.17) is 4.89 Å². The topological polar surface area (TPSA) is 54.4 Å². The van der Waals surface area contributed by atoms with Gasteiger partial charge in [-0.15, -0.1) is 0 Å². The monoisotopic (exact) mass is 214 g/mol. The van der Waals surface area contributed by atoms with Crippen LogP contribution >= 0.6 is 15.1 Å². The quantitative estimate of drug-likeness (QED) is 0.567. The van der Waals surface area contributed by atoms with Crippen molar-refractivity contribution in [1.82, 2.24) is 0 Å². The van der Waals surface area contributed by atoms with Crippen molar-refractivity contribution in [2.24, 2.45) is 0 Å². The molecule has 0 radical (unpaired) electrons. The molecule has 0 aromatic heterocycles. The predicted molar refractivity (Wildman–Crippen MR) is 30.5 cm³/mol. The number of alkyl halides is 2. The molecule has 0 bridgehead atoms. The van der Waals surface area contributed by atoms with Gasteiger partial charge in [0.2, 0.25) is 0 Å². The molecule has 0 aliphatic heterocycles. The average molecular weight is 214 g/mol. The highest BCUT2D eigenvalue weighted by atomic mass is 31.3. The standard InChI is InChI=1S/C2H4F4O3P2/c1-10(5,7)2(3,4)11(6,8)9/h1H3,(H,8,9). The average Bonchev–Trinajstić information content (AvgIpc) is 1.58. The number of rotatable bonds is 2. The summed E-state index contributed by atoms with van der Waals surface area (Å²) in [6.45, 7) is -0.116. The lowest BCUT2D eigenvalue weighted by molar-refractivity contribution is 0.141. The molecule has 11 heavy (non-hydrogen) atoms. The van der Waals surface area contributed by atoms with Crippen LogP contribution in [0.3, 0.4) is 0 Å². The SMILES string of the molecule is CP(=O)(F)C(F)(F)P(=O)(O)F. The van der Waals surface area contributed by atoms with E-state index in [1.807, 2.05) is 0 Å². The largest absolute Gasteiger partial charge is 0.443 e. The second kappa shape index (κ2) is 2.57. The van der Waals surface area contributed by atoms with Crippen molar-refractivity contribution < 1.29 is 31.2 Å². The molecule has 0 saturated heterocycles. The molecular weight excluding hydrogens is 210 g/mol. The van der Waals surface area contributed by atoms with E-state index in [0.717, 1.165) is 0 Å². The molecule has 0 rings (SSSR count). The zero-order valence-electron chi connectivity index (χ0n) is 5.17. The first-order valence-electron chi connectivity index (χ1n) is 2.18. The van der Waals surface area contributed by atoms with Crippen LogP contribution in [0.25, 0.3) is 0 Å². The van der Waals surface area contributed by atoms with Crippen LogP contribution in [0.4, 0.5) is 17.2 Å². The molecule has 3 nitrogen and oxygen atoms in total. The van der Waals surface area contributed by atoms with Crippen molar-refractivity contribution >= 4 is 15.1 Å². The van der Waals surface area contributed by atoms with E-state index in [1.165, 1.54) is 0 Å². The van der Waals surface area contributed by atoms with E-state index in [0.29, 0.717) is 0 Å². The summed E-state index contributed by atoms with van der Waals surface area (Å²) in [6, 6.07) is 0. The molecule has 0 saturated carbocycles. The number of halogens is 4. The summed E-state index contributed by atoms with van der Waals surface area (Å²) < 4.78 is 66.8. The van der Waals surface area contributed by atoms with Crippen LogP contribution in [-0.2, 0) is 9.13 Å². The van der Waals surface area contributed by atoms with Crippen LogP contribution in [-0.4, -0.2) is 17.0 Å². The predicted octanol–water partition coefficient (Wildman–Crippen LogP) is 2.57. The Balaban J connectivity index is 5.08. The molecule has 2 atom stereocenters. The molecular formula is C2H4F4O3P2. The Morgan fingerprint density at radius 3 is 1.55 bits per heavy atom. The summed E-state index contributed by atoms with van der Waals surface area (Å²) >= 11 is 0. The molecule has 0 aromatic rings. The summed E-state index contributed by atoms with van der Waals surface area (Å²) in [5.41, 5.74) is 0. The molecule has 2 unspecified atom stereocenters. The summed E-state index contributed by atoms with van der Waals surface area (Å²) in [5.74, 6) is 0. The Labute approximate surface area is 59.5 Å². The molecule has 0 aliphatic rings. The molecule has 0 aliphatic carbocycles. The smallest absolute Gasteiger partial charge is 0.317 e. The van der Waals surface area contributed by atoms with Gasteiger partial charge in [-0.25, -0.2) is 4.57 Å². The van der Waals surface area contributed by atoms with Gasteiger partial charge in [0.15, 0.2) is 0 Å². The molecule has 9 heteroatoms. The molecule has 0 heterocycles. The van der Waals surface area contributed by atoms with Gasteiger partial charge in [0.05, 0.1) is 0 Å². The first-order chi connectivity index (χ1) is 4.50. The van der Waals surface area contributed by atoms with Crippen molar-refractivity contribution in [1.29, 1.82) is 0 Å². The highest BCUT2D eigenvalue weighted by Gasteiger charge is 2.63. The van der Waals surface area contributed by atoms with Crippen molar-refractivity contribution in [2.75, 3.05) is 6.66 Å². The van der Waals surface area contributed by atoms with Gasteiger partial charge in [-0.05, 0) is 0 Å². The fourth-order valence-electron chi connectivity index (χ4n) is 0.220. The van der Waals surface area contributed by atoms with Crippen LogP contribution in [0.1, 0.15) is 0 Å². The molecule has 0 spiro atoms. The minimum absolute atomic E-state index is 0.116. The minimum Gasteiger partial charge on any atom is -0.317 e. The van der Waals surface area contributed by atoms with Gasteiger partial charge in [0, 0.05) is 6.66 Å². The Bertz CT molecular complexity index is 214. The first-order valence-corrected chi connectivity index (χ1v) is 5.77. The highest BCUT2D eigenvalue weighted by molar-refractivity contribution is 7.74. The third-order valence-electron chi connectivity index (χ3n) is 0.812. The van der Waals surface area contributed by atoms with Crippen molar-refractivity contribution in [3.05, 3.63) is 0 Å². The highest BCUT2D eigenvalue weighted by Crippen LogP contribution is 2.76. The Morgan fingerprint density at radius 2 is 1.55 bits per heavy atom. The van der Waals surface area contributed by atoms with Crippen LogP contribution in [0.2, 0.25) is 0 Å². The maximum absolute atomic E-state index is 11.9. The Morgan fingerprint density at radius 1 is 1.27 bits per heavy atom. The van der Waals surface area contributed by atoms with Crippen molar-refractivity contribution in [3.63, 3.8) is 0 Å². The van der Waals surface area contributed by atoms with Gasteiger partial charge in [-0.1, -0.05) is 0 Å². The summed E-state index contributed by atoms with van der Waals surface area (Å²) in [4.78, 5) is 7.61. The number of hydrogen-bond donors (Lipinski definition) is 1.